The van der Waals surface area contributed by atoms with Crippen LogP contribution in [0.5, 0.6) is 0 Å². The summed E-state index contributed by atoms with van der Waals surface area (Å²) in [4.78, 5) is 9.23. The van der Waals surface area contributed by atoms with Crippen LogP contribution in [0.1, 0.15) is 30.5 Å². The first-order chi connectivity index (χ1) is 13.7. The van der Waals surface area contributed by atoms with Crippen LogP contribution >= 0.6 is 0 Å². The van der Waals surface area contributed by atoms with Crippen molar-refractivity contribution >= 4 is 11.5 Å². The van der Waals surface area contributed by atoms with Crippen LogP contribution in [-0.4, -0.2) is 33.5 Å². The van der Waals surface area contributed by atoms with E-state index in [-0.39, 0.29) is 0 Å². The molecule has 2 aromatic heterocycles. The molecule has 2 atom stereocenters. The Balaban J connectivity index is 1.53. The maximum atomic E-state index is 9.47. The van der Waals surface area contributed by atoms with Gasteiger partial charge >= 0.3 is 0 Å². The zero-order chi connectivity index (χ0) is 19.1. The summed E-state index contributed by atoms with van der Waals surface area (Å²) in [5.74, 6) is 0.703. The van der Waals surface area contributed by atoms with Crippen molar-refractivity contribution < 1.29 is 0 Å². The third-order valence-corrected chi connectivity index (χ3v) is 5.90. The Morgan fingerprint density at radius 2 is 2.21 bits per heavy atom. The molecule has 2 aliphatic rings. The van der Waals surface area contributed by atoms with E-state index in [1.165, 1.54) is 12.8 Å². The highest BCUT2D eigenvalue weighted by Crippen LogP contribution is 2.52. The van der Waals surface area contributed by atoms with Gasteiger partial charge in [-0.15, -0.1) is 0 Å². The molecular formula is C21H19N7. The van der Waals surface area contributed by atoms with Crippen molar-refractivity contribution in [2.45, 2.75) is 25.3 Å². The van der Waals surface area contributed by atoms with Gasteiger partial charge in [0.05, 0.1) is 23.5 Å². The van der Waals surface area contributed by atoms with Crippen molar-refractivity contribution in [3.05, 3.63) is 47.9 Å². The molecule has 2 unspecified atom stereocenters. The fourth-order valence-corrected chi connectivity index (χ4v) is 4.23. The van der Waals surface area contributed by atoms with Crippen LogP contribution in [0.3, 0.4) is 0 Å². The highest BCUT2D eigenvalue weighted by molar-refractivity contribution is 5.72. The number of nitriles is 2. The molecule has 1 aliphatic carbocycles. The number of rotatable bonds is 3. The number of nitrogens with zero attached hydrogens (tertiary/aromatic N) is 5. The van der Waals surface area contributed by atoms with E-state index in [0.717, 1.165) is 30.8 Å². The summed E-state index contributed by atoms with van der Waals surface area (Å²) in [6, 6.07) is 12.0. The van der Waals surface area contributed by atoms with Gasteiger partial charge in [-0.1, -0.05) is 12.1 Å². The lowest BCUT2D eigenvalue weighted by Gasteiger charge is -2.23. The molecule has 1 aliphatic heterocycles. The van der Waals surface area contributed by atoms with Gasteiger partial charge in [0.2, 0.25) is 0 Å². The van der Waals surface area contributed by atoms with Gasteiger partial charge in [-0.3, -0.25) is 4.40 Å². The molecule has 3 aromatic rings. The van der Waals surface area contributed by atoms with E-state index in [9.17, 15) is 5.26 Å². The Morgan fingerprint density at radius 1 is 1.29 bits per heavy atom. The third-order valence-electron chi connectivity index (χ3n) is 5.90. The first-order valence-electron chi connectivity index (χ1n) is 9.48. The molecule has 7 nitrogen and oxygen atoms in total. The van der Waals surface area contributed by atoms with Gasteiger partial charge < -0.3 is 10.6 Å². The largest absolute Gasteiger partial charge is 0.364 e. The van der Waals surface area contributed by atoms with E-state index in [1.807, 2.05) is 18.3 Å². The van der Waals surface area contributed by atoms with Crippen molar-refractivity contribution in [1.82, 2.24) is 19.7 Å². The van der Waals surface area contributed by atoms with Gasteiger partial charge in [-0.25, -0.2) is 9.97 Å². The normalized spacial score (nSPS) is 23.3. The quantitative estimate of drug-likeness (QED) is 0.736. The van der Waals surface area contributed by atoms with E-state index in [1.54, 1.807) is 22.7 Å². The number of nitrogens with one attached hydrogen (secondary N) is 2. The van der Waals surface area contributed by atoms with E-state index in [2.05, 4.69) is 27.8 Å². The van der Waals surface area contributed by atoms with Gasteiger partial charge in [-0.2, -0.15) is 10.5 Å². The van der Waals surface area contributed by atoms with Crippen molar-refractivity contribution in [3.63, 3.8) is 0 Å². The summed E-state index contributed by atoms with van der Waals surface area (Å²) >= 11 is 0. The molecule has 0 radical (unpaired) electrons. The predicted molar refractivity (Wildman–Crippen MR) is 104 cm³/mol. The molecule has 2 fully saturated rings. The van der Waals surface area contributed by atoms with E-state index < -0.39 is 0 Å². The van der Waals surface area contributed by atoms with Crippen LogP contribution in [0, 0.1) is 28.1 Å². The molecule has 7 heteroatoms. The number of fused-ring (bicyclic) bond motifs is 1. The van der Waals surface area contributed by atoms with Crippen molar-refractivity contribution in [3.8, 4) is 23.4 Å². The minimum absolute atomic E-state index is 0.321. The first-order valence-corrected chi connectivity index (χ1v) is 9.48. The molecule has 1 spiro atoms. The zero-order valence-corrected chi connectivity index (χ0v) is 15.3. The van der Waals surface area contributed by atoms with Crippen molar-refractivity contribution in [2.24, 2.45) is 5.41 Å². The summed E-state index contributed by atoms with van der Waals surface area (Å²) in [7, 11) is 0. The van der Waals surface area contributed by atoms with Crippen molar-refractivity contribution in [2.75, 3.05) is 18.4 Å². The maximum absolute atomic E-state index is 9.47. The number of piperidine rings is 1. The second kappa shape index (κ2) is 6.33. The Labute approximate surface area is 162 Å². The van der Waals surface area contributed by atoms with E-state index in [4.69, 9.17) is 10.2 Å². The standard InChI is InChI=1S/C21H19N7/c22-9-14-3-1-4-15(7-14)17-12-28-16(10-23)11-25-19(20(28)26-17)27-18-8-21(18)5-2-6-24-13-21/h1,3-4,7,11-12,18,24H,2,5-6,8,13H2,(H,25,27). The maximum Gasteiger partial charge on any atom is 0.181 e. The van der Waals surface area contributed by atoms with Crippen LogP contribution in [0.25, 0.3) is 16.9 Å². The number of hydrogen-bond donors (Lipinski definition) is 2. The number of imidazole rings is 1. The van der Waals surface area contributed by atoms with Crippen LogP contribution in [0.2, 0.25) is 0 Å². The predicted octanol–water partition coefficient (Wildman–Crippen LogP) is 2.69. The minimum Gasteiger partial charge on any atom is -0.364 e. The Hall–Kier alpha value is -3.42. The highest BCUT2D eigenvalue weighted by Gasteiger charge is 2.54. The minimum atomic E-state index is 0.321. The number of hydrogen-bond acceptors (Lipinski definition) is 6. The van der Waals surface area contributed by atoms with Gasteiger partial charge in [0, 0.05) is 29.8 Å². The third kappa shape index (κ3) is 2.69. The number of benzene rings is 1. The van der Waals surface area contributed by atoms with Gasteiger partial charge in [0.15, 0.2) is 11.5 Å². The monoisotopic (exact) mass is 369 g/mol. The van der Waals surface area contributed by atoms with Crippen LogP contribution in [0.15, 0.2) is 36.7 Å². The smallest absolute Gasteiger partial charge is 0.181 e. The average molecular weight is 369 g/mol. The molecule has 138 valence electrons. The molecule has 28 heavy (non-hydrogen) atoms. The number of aromatic nitrogens is 3. The SMILES string of the molecule is N#Cc1cccc(-c2cn3c(C#N)cnc(NC4CC45CCCNC5)c3n2)c1. The molecule has 1 aromatic carbocycles. The fourth-order valence-electron chi connectivity index (χ4n) is 4.23. The summed E-state index contributed by atoms with van der Waals surface area (Å²) < 4.78 is 1.78. The van der Waals surface area contributed by atoms with E-state index in [0.29, 0.717) is 34.2 Å². The van der Waals surface area contributed by atoms with Crippen molar-refractivity contribution in [1.29, 1.82) is 10.5 Å². The van der Waals surface area contributed by atoms with Crippen LogP contribution in [-0.2, 0) is 0 Å². The Morgan fingerprint density at radius 3 is 3.00 bits per heavy atom. The lowest BCUT2D eigenvalue weighted by atomic mass is 9.96. The molecular weight excluding hydrogens is 350 g/mol. The molecule has 2 N–H and O–H groups in total. The fraction of sp³-hybridized carbons (Fsp3) is 0.333. The lowest BCUT2D eigenvalue weighted by molar-refractivity contribution is 0.351. The first kappa shape index (κ1) is 16.7. The molecule has 3 heterocycles. The average Bonchev–Trinajstić information content (AvgIpc) is 3.18. The van der Waals surface area contributed by atoms with Gasteiger partial charge in [-0.05, 0) is 37.9 Å². The zero-order valence-electron chi connectivity index (χ0n) is 15.3. The molecule has 1 saturated carbocycles. The molecule has 1 saturated heterocycles. The molecule has 0 bridgehead atoms. The molecule has 0 amide bonds. The van der Waals surface area contributed by atoms with Crippen LogP contribution < -0.4 is 10.6 Å². The molecule has 5 rings (SSSR count). The Kier molecular flexibility index (Phi) is 3.78. The second-order valence-electron chi connectivity index (χ2n) is 7.66. The Bertz CT molecular complexity index is 1140. The van der Waals surface area contributed by atoms with Gasteiger partial charge in [0.25, 0.3) is 0 Å². The van der Waals surface area contributed by atoms with E-state index >= 15 is 0 Å². The summed E-state index contributed by atoms with van der Waals surface area (Å²) in [5.41, 5.74) is 3.53. The second-order valence-corrected chi connectivity index (χ2v) is 7.66. The summed E-state index contributed by atoms with van der Waals surface area (Å²) in [5, 5.41) is 25.7. The number of anilines is 1. The van der Waals surface area contributed by atoms with Crippen LogP contribution in [0.4, 0.5) is 5.82 Å². The lowest BCUT2D eigenvalue weighted by Crippen LogP contribution is -2.34. The summed E-state index contributed by atoms with van der Waals surface area (Å²) in [6.07, 6.45) is 6.98. The summed E-state index contributed by atoms with van der Waals surface area (Å²) in [6.45, 7) is 2.14. The highest BCUT2D eigenvalue weighted by atomic mass is 15.2. The van der Waals surface area contributed by atoms with Gasteiger partial charge in [0.1, 0.15) is 11.8 Å². The topological polar surface area (TPSA) is 102 Å².